The molecular formula is C9H24N2O2Si. The van der Waals surface area contributed by atoms with Crippen molar-refractivity contribution in [3.05, 3.63) is 0 Å². The van der Waals surface area contributed by atoms with Gasteiger partial charge < -0.3 is 15.2 Å². The minimum atomic E-state index is -0.428. The minimum Gasteiger partial charge on any atom is -0.375 e. The standard InChI is InChI=1S/C9H24N2O2Si/c1-8(2,12-3)9(13-4,14-5)11-7-6-10/h11H,6-7,10,14H2,1-5H3. The first kappa shape index (κ1) is 14.1. The van der Waals surface area contributed by atoms with Crippen molar-refractivity contribution in [2.24, 2.45) is 5.73 Å². The van der Waals surface area contributed by atoms with Crippen molar-refractivity contribution in [1.29, 1.82) is 0 Å². The predicted molar refractivity (Wildman–Crippen MR) is 62.3 cm³/mol. The Bertz CT molecular complexity index is 161. The van der Waals surface area contributed by atoms with Crippen LogP contribution in [0.3, 0.4) is 0 Å². The lowest BCUT2D eigenvalue weighted by atomic mass is 10.1. The molecule has 86 valence electrons. The van der Waals surface area contributed by atoms with Crippen molar-refractivity contribution in [3.8, 4) is 0 Å². The largest absolute Gasteiger partial charge is 0.375 e. The molecule has 14 heavy (non-hydrogen) atoms. The molecular weight excluding hydrogens is 196 g/mol. The monoisotopic (exact) mass is 220 g/mol. The molecule has 0 amide bonds. The molecule has 0 aliphatic carbocycles. The van der Waals surface area contributed by atoms with E-state index in [4.69, 9.17) is 15.2 Å². The summed E-state index contributed by atoms with van der Waals surface area (Å²) >= 11 is 0. The Morgan fingerprint density at radius 3 is 2.14 bits per heavy atom. The lowest BCUT2D eigenvalue weighted by molar-refractivity contribution is -0.138. The molecule has 0 rings (SSSR count). The summed E-state index contributed by atoms with van der Waals surface area (Å²) in [5.41, 5.74) is 5.16. The van der Waals surface area contributed by atoms with Crippen molar-refractivity contribution in [2.45, 2.75) is 31.3 Å². The van der Waals surface area contributed by atoms with Gasteiger partial charge in [0.1, 0.15) is 10.9 Å². The van der Waals surface area contributed by atoms with Gasteiger partial charge in [0.05, 0.1) is 9.52 Å². The fourth-order valence-corrected chi connectivity index (χ4v) is 3.38. The Kier molecular flexibility index (Phi) is 5.85. The van der Waals surface area contributed by atoms with Crippen molar-refractivity contribution in [1.82, 2.24) is 5.32 Å². The van der Waals surface area contributed by atoms with Gasteiger partial charge in [0, 0.05) is 27.3 Å². The maximum atomic E-state index is 5.61. The van der Waals surface area contributed by atoms with Gasteiger partial charge in [0.25, 0.3) is 0 Å². The summed E-state index contributed by atoms with van der Waals surface area (Å²) in [5, 5.41) is 3.03. The van der Waals surface area contributed by atoms with Crippen LogP contribution in [0.25, 0.3) is 0 Å². The number of hydrogen-bond donors (Lipinski definition) is 2. The normalized spacial score (nSPS) is 17.6. The van der Waals surface area contributed by atoms with E-state index in [2.05, 4.69) is 11.9 Å². The van der Waals surface area contributed by atoms with E-state index < -0.39 is 9.52 Å². The van der Waals surface area contributed by atoms with Crippen LogP contribution in [0.1, 0.15) is 13.8 Å². The Hall–Kier alpha value is 0.0569. The highest BCUT2D eigenvalue weighted by molar-refractivity contribution is 6.38. The highest BCUT2D eigenvalue weighted by atomic mass is 28.2. The topological polar surface area (TPSA) is 56.5 Å². The fraction of sp³-hybridized carbons (Fsp3) is 1.00. The Balaban J connectivity index is 4.67. The zero-order chi connectivity index (χ0) is 11.2. The highest BCUT2D eigenvalue weighted by Crippen LogP contribution is 2.25. The molecule has 1 unspecified atom stereocenters. The van der Waals surface area contributed by atoms with Crippen molar-refractivity contribution < 1.29 is 9.47 Å². The quantitative estimate of drug-likeness (QED) is 0.448. The SMILES string of the molecule is COC(C)(C)C(NCCN)(OC)[SiH2]C. The molecule has 0 aromatic carbocycles. The van der Waals surface area contributed by atoms with E-state index in [1.807, 2.05) is 13.8 Å². The van der Waals surface area contributed by atoms with E-state index in [9.17, 15) is 0 Å². The van der Waals surface area contributed by atoms with Gasteiger partial charge in [-0.1, -0.05) is 6.55 Å². The van der Waals surface area contributed by atoms with E-state index in [-0.39, 0.29) is 10.9 Å². The first-order valence-electron chi connectivity index (χ1n) is 5.05. The minimum absolute atomic E-state index is 0.322. The van der Waals surface area contributed by atoms with Gasteiger partial charge in [-0.2, -0.15) is 0 Å². The summed E-state index contributed by atoms with van der Waals surface area (Å²) < 4.78 is 11.1. The first-order valence-corrected chi connectivity index (χ1v) is 7.17. The molecule has 0 fully saturated rings. The number of methoxy groups -OCH3 is 2. The van der Waals surface area contributed by atoms with Gasteiger partial charge in [0.2, 0.25) is 0 Å². The van der Waals surface area contributed by atoms with Gasteiger partial charge >= 0.3 is 0 Å². The van der Waals surface area contributed by atoms with Gasteiger partial charge in [-0.15, -0.1) is 0 Å². The summed E-state index contributed by atoms with van der Waals surface area (Å²) in [5.74, 6) is 0. The molecule has 0 aromatic heterocycles. The molecule has 1 atom stereocenters. The third kappa shape index (κ3) is 2.77. The first-order chi connectivity index (χ1) is 6.49. The van der Waals surface area contributed by atoms with Gasteiger partial charge in [0.15, 0.2) is 0 Å². The maximum Gasteiger partial charge on any atom is 0.125 e. The van der Waals surface area contributed by atoms with E-state index in [0.29, 0.717) is 6.54 Å². The van der Waals surface area contributed by atoms with E-state index in [1.54, 1.807) is 14.2 Å². The summed E-state index contributed by atoms with van der Waals surface area (Å²) in [4.78, 5) is 0. The molecule has 0 heterocycles. The second-order valence-electron chi connectivity index (χ2n) is 3.81. The predicted octanol–water partition coefficient (Wildman–Crippen LogP) is -0.523. The maximum absolute atomic E-state index is 5.61. The number of hydrogen-bond acceptors (Lipinski definition) is 4. The fourth-order valence-electron chi connectivity index (χ4n) is 1.66. The van der Waals surface area contributed by atoms with Crippen LogP contribution in [0, 0.1) is 0 Å². The van der Waals surface area contributed by atoms with Gasteiger partial charge in [-0.25, -0.2) is 0 Å². The van der Waals surface area contributed by atoms with Crippen LogP contribution < -0.4 is 11.1 Å². The van der Waals surface area contributed by atoms with Crippen LogP contribution in [-0.2, 0) is 9.47 Å². The average Bonchev–Trinajstić information content (AvgIpc) is 2.20. The number of ether oxygens (including phenoxy) is 2. The van der Waals surface area contributed by atoms with Crippen LogP contribution in [0.5, 0.6) is 0 Å². The second-order valence-corrected chi connectivity index (χ2v) is 5.52. The van der Waals surface area contributed by atoms with E-state index in [1.165, 1.54) is 0 Å². The van der Waals surface area contributed by atoms with Crippen molar-refractivity contribution in [3.63, 3.8) is 0 Å². The molecule has 0 saturated heterocycles. The third-order valence-electron chi connectivity index (χ3n) is 2.88. The van der Waals surface area contributed by atoms with Crippen molar-refractivity contribution >= 4 is 9.52 Å². The third-order valence-corrected chi connectivity index (χ3v) is 5.27. The molecule has 0 aliphatic rings. The Labute approximate surface area is 89.3 Å². The molecule has 5 heteroatoms. The Morgan fingerprint density at radius 2 is 1.86 bits per heavy atom. The molecule has 0 radical (unpaired) electrons. The molecule has 0 saturated carbocycles. The number of rotatable bonds is 7. The van der Waals surface area contributed by atoms with E-state index >= 15 is 0 Å². The van der Waals surface area contributed by atoms with Gasteiger partial charge in [-0.05, 0) is 13.8 Å². The summed E-state index contributed by atoms with van der Waals surface area (Å²) in [6.07, 6.45) is 0. The summed E-state index contributed by atoms with van der Waals surface area (Å²) in [6.45, 7) is 7.64. The van der Waals surface area contributed by atoms with Crippen LogP contribution in [0.4, 0.5) is 0 Å². The summed E-state index contributed by atoms with van der Waals surface area (Å²) in [7, 11) is 3.01. The zero-order valence-corrected chi connectivity index (χ0v) is 11.4. The van der Waals surface area contributed by atoms with Crippen LogP contribution in [-0.4, -0.2) is 47.8 Å². The average molecular weight is 220 g/mol. The number of nitrogens with two attached hydrogens (primary N) is 1. The lowest BCUT2D eigenvalue weighted by Crippen LogP contribution is -2.66. The number of nitrogens with one attached hydrogen (secondary N) is 1. The van der Waals surface area contributed by atoms with Crippen LogP contribution in [0.15, 0.2) is 0 Å². The van der Waals surface area contributed by atoms with Crippen LogP contribution >= 0.6 is 0 Å². The van der Waals surface area contributed by atoms with E-state index in [0.717, 1.165) is 6.54 Å². The molecule has 0 bridgehead atoms. The van der Waals surface area contributed by atoms with Crippen LogP contribution in [0.2, 0.25) is 6.55 Å². The Morgan fingerprint density at radius 1 is 1.29 bits per heavy atom. The van der Waals surface area contributed by atoms with Gasteiger partial charge in [-0.3, -0.25) is 5.32 Å². The molecule has 0 aliphatic heterocycles. The summed E-state index contributed by atoms with van der Waals surface area (Å²) in [6, 6.07) is 0. The molecule has 3 N–H and O–H groups in total. The molecule has 4 nitrogen and oxygen atoms in total. The molecule has 0 aromatic rings. The smallest absolute Gasteiger partial charge is 0.125 e. The molecule has 0 spiro atoms. The van der Waals surface area contributed by atoms with Crippen molar-refractivity contribution in [2.75, 3.05) is 27.3 Å². The lowest BCUT2D eigenvalue weighted by Gasteiger charge is -2.45. The second kappa shape index (κ2) is 5.82. The highest BCUT2D eigenvalue weighted by Gasteiger charge is 2.43. The zero-order valence-electron chi connectivity index (χ0n) is 10.0.